The van der Waals surface area contributed by atoms with Crippen molar-refractivity contribution >= 4 is 40.5 Å². The maximum Gasteiger partial charge on any atom is 0.0751 e. The van der Waals surface area contributed by atoms with E-state index in [4.69, 9.17) is 40.5 Å². The number of rotatable bonds is 1. The fourth-order valence-corrected chi connectivity index (χ4v) is 4.38. The van der Waals surface area contributed by atoms with E-state index >= 15 is 0 Å². The number of nitrogens with two attached hydrogens (primary N) is 1. The van der Waals surface area contributed by atoms with Crippen LogP contribution in [0.5, 0.6) is 0 Å². The first kappa shape index (κ1) is 12.9. The van der Waals surface area contributed by atoms with E-state index in [9.17, 15) is 0 Å². The number of hydrogen-bond acceptors (Lipinski definition) is 2. The number of halogens is 3. The van der Waals surface area contributed by atoms with Gasteiger partial charge in [0.2, 0.25) is 0 Å². The van der Waals surface area contributed by atoms with Gasteiger partial charge in [0.15, 0.2) is 0 Å². The monoisotopic (exact) mass is 304 g/mol. The molecule has 0 aliphatic carbocycles. The molecule has 2 atom stereocenters. The smallest absolute Gasteiger partial charge is 0.0751 e. The Morgan fingerprint density at radius 1 is 1.00 bits per heavy atom. The highest BCUT2D eigenvalue weighted by Gasteiger charge is 2.41. The van der Waals surface area contributed by atoms with Crippen molar-refractivity contribution in [1.29, 1.82) is 0 Å². The molecular weight excluding hydrogens is 291 g/mol. The summed E-state index contributed by atoms with van der Waals surface area (Å²) < 4.78 is 0. The van der Waals surface area contributed by atoms with Crippen LogP contribution in [0.2, 0.25) is 15.1 Å². The normalized spacial score (nSPS) is 30.9. The predicted molar refractivity (Wildman–Crippen MR) is 78.0 cm³/mol. The van der Waals surface area contributed by atoms with Gasteiger partial charge >= 0.3 is 0 Å². The topological polar surface area (TPSA) is 29.3 Å². The molecule has 2 aliphatic rings. The molecule has 5 heteroatoms. The minimum atomic E-state index is 0.309. The number of anilines is 1. The molecule has 0 saturated carbocycles. The van der Waals surface area contributed by atoms with Crippen LogP contribution in [0.15, 0.2) is 12.1 Å². The zero-order valence-corrected chi connectivity index (χ0v) is 12.1. The van der Waals surface area contributed by atoms with Gasteiger partial charge in [-0.25, -0.2) is 0 Å². The van der Waals surface area contributed by atoms with E-state index in [1.165, 1.54) is 12.8 Å². The van der Waals surface area contributed by atoms with Crippen molar-refractivity contribution in [1.82, 2.24) is 0 Å². The molecule has 0 spiro atoms. The second-order valence-corrected chi connectivity index (χ2v) is 6.49. The van der Waals surface area contributed by atoms with Crippen LogP contribution >= 0.6 is 34.8 Å². The Hall–Kier alpha value is -0.150. The molecular formula is C13H15Cl3N2. The molecule has 2 saturated heterocycles. The highest BCUT2D eigenvalue weighted by molar-refractivity contribution is 6.41. The Morgan fingerprint density at radius 3 is 2.00 bits per heavy atom. The zero-order chi connectivity index (χ0) is 12.9. The Labute approximate surface area is 122 Å². The first-order valence-electron chi connectivity index (χ1n) is 6.24. The Morgan fingerprint density at radius 2 is 1.50 bits per heavy atom. The maximum absolute atomic E-state index is 6.32. The van der Waals surface area contributed by atoms with Gasteiger partial charge in [0.1, 0.15) is 0 Å². The van der Waals surface area contributed by atoms with Crippen molar-refractivity contribution in [2.75, 3.05) is 4.90 Å². The van der Waals surface area contributed by atoms with Crippen molar-refractivity contribution in [2.45, 2.75) is 43.8 Å². The third-order valence-corrected chi connectivity index (χ3v) is 4.80. The summed E-state index contributed by atoms with van der Waals surface area (Å²) in [5, 5.41) is 1.86. The first-order chi connectivity index (χ1) is 8.56. The molecule has 2 unspecified atom stereocenters. The SMILES string of the molecule is NC1CC2CCC(C1)N2c1c(Cl)cc(Cl)cc1Cl. The van der Waals surface area contributed by atoms with Gasteiger partial charge in [0.05, 0.1) is 15.7 Å². The van der Waals surface area contributed by atoms with E-state index in [1.54, 1.807) is 12.1 Å². The fourth-order valence-electron chi connectivity index (χ4n) is 3.37. The van der Waals surface area contributed by atoms with Gasteiger partial charge in [-0.3, -0.25) is 0 Å². The molecule has 18 heavy (non-hydrogen) atoms. The van der Waals surface area contributed by atoms with Crippen LogP contribution in [0.25, 0.3) is 0 Å². The molecule has 1 aromatic rings. The van der Waals surface area contributed by atoms with Crippen LogP contribution in [0.3, 0.4) is 0 Å². The molecule has 2 aliphatic heterocycles. The van der Waals surface area contributed by atoms with Crippen LogP contribution in [0, 0.1) is 0 Å². The summed E-state index contributed by atoms with van der Waals surface area (Å²) in [7, 11) is 0. The number of fused-ring (bicyclic) bond motifs is 2. The molecule has 1 aromatic carbocycles. The lowest BCUT2D eigenvalue weighted by atomic mass is 9.97. The van der Waals surface area contributed by atoms with Crippen molar-refractivity contribution in [2.24, 2.45) is 5.73 Å². The Balaban J connectivity index is 2.01. The quantitative estimate of drug-likeness (QED) is 0.846. The lowest BCUT2D eigenvalue weighted by molar-refractivity contribution is 0.415. The van der Waals surface area contributed by atoms with Gasteiger partial charge in [-0.1, -0.05) is 34.8 Å². The van der Waals surface area contributed by atoms with Gasteiger partial charge in [-0.15, -0.1) is 0 Å². The second kappa shape index (κ2) is 4.75. The van der Waals surface area contributed by atoms with E-state index in [-0.39, 0.29) is 0 Å². The van der Waals surface area contributed by atoms with Gasteiger partial charge in [-0.05, 0) is 37.8 Å². The molecule has 2 nitrogen and oxygen atoms in total. The molecule has 2 fully saturated rings. The second-order valence-electron chi connectivity index (χ2n) is 5.24. The molecule has 2 N–H and O–H groups in total. The molecule has 3 rings (SSSR count). The van der Waals surface area contributed by atoms with Crippen molar-refractivity contribution in [3.05, 3.63) is 27.2 Å². The summed E-state index contributed by atoms with van der Waals surface area (Å²) in [6.07, 6.45) is 4.39. The van der Waals surface area contributed by atoms with Gasteiger partial charge in [0.25, 0.3) is 0 Å². The summed E-state index contributed by atoms with van der Waals surface area (Å²) in [4.78, 5) is 2.37. The molecule has 98 valence electrons. The summed E-state index contributed by atoms with van der Waals surface area (Å²) in [5.41, 5.74) is 7.01. The highest BCUT2D eigenvalue weighted by Crippen LogP contribution is 2.45. The number of benzene rings is 1. The fraction of sp³-hybridized carbons (Fsp3) is 0.538. The van der Waals surface area contributed by atoms with Crippen LogP contribution in [0.4, 0.5) is 5.69 Å². The summed E-state index contributed by atoms with van der Waals surface area (Å²) in [6, 6.07) is 4.77. The number of hydrogen-bond donors (Lipinski definition) is 1. The molecule has 0 amide bonds. The predicted octanol–water partition coefficient (Wildman–Crippen LogP) is 4.11. The van der Waals surface area contributed by atoms with Crippen LogP contribution < -0.4 is 10.6 Å². The molecule has 2 heterocycles. The van der Waals surface area contributed by atoms with Crippen molar-refractivity contribution in [3.8, 4) is 0 Å². The minimum Gasteiger partial charge on any atom is -0.363 e. The lowest BCUT2D eigenvalue weighted by Crippen LogP contribution is -2.47. The Kier molecular flexibility index (Phi) is 3.39. The van der Waals surface area contributed by atoms with Crippen LogP contribution in [-0.4, -0.2) is 18.1 Å². The van der Waals surface area contributed by atoms with E-state index in [2.05, 4.69) is 4.90 Å². The Bertz CT molecular complexity index is 440. The average molecular weight is 306 g/mol. The number of nitrogens with zero attached hydrogens (tertiary/aromatic N) is 1. The standard InChI is InChI=1S/C13H15Cl3N2/c14-7-3-11(15)13(12(16)4-7)18-9-1-2-10(18)6-8(17)5-9/h3-4,8-10H,1-2,5-6,17H2. The van der Waals surface area contributed by atoms with Gasteiger partial charge < -0.3 is 10.6 Å². The largest absolute Gasteiger partial charge is 0.363 e. The summed E-state index contributed by atoms with van der Waals surface area (Å²) in [6.45, 7) is 0. The number of piperidine rings is 1. The van der Waals surface area contributed by atoms with E-state index < -0.39 is 0 Å². The zero-order valence-electron chi connectivity index (χ0n) is 9.87. The van der Waals surface area contributed by atoms with Gasteiger partial charge in [0, 0.05) is 23.1 Å². The van der Waals surface area contributed by atoms with E-state index in [0.717, 1.165) is 18.5 Å². The van der Waals surface area contributed by atoms with Crippen LogP contribution in [0.1, 0.15) is 25.7 Å². The summed E-state index contributed by atoms with van der Waals surface area (Å²) >= 11 is 18.6. The molecule has 0 aromatic heterocycles. The molecule has 2 bridgehead atoms. The van der Waals surface area contributed by atoms with Crippen LogP contribution in [-0.2, 0) is 0 Å². The average Bonchev–Trinajstić information content (AvgIpc) is 2.53. The van der Waals surface area contributed by atoms with E-state index in [1.807, 2.05) is 0 Å². The third kappa shape index (κ3) is 2.09. The van der Waals surface area contributed by atoms with Gasteiger partial charge in [-0.2, -0.15) is 0 Å². The van der Waals surface area contributed by atoms with E-state index in [0.29, 0.717) is 33.2 Å². The summed E-state index contributed by atoms with van der Waals surface area (Å²) in [5.74, 6) is 0. The lowest BCUT2D eigenvalue weighted by Gasteiger charge is -2.40. The third-order valence-electron chi connectivity index (χ3n) is 4.01. The first-order valence-corrected chi connectivity index (χ1v) is 7.38. The van der Waals surface area contributed by atoms with Crippen molar-refractivity contribution in [3.63, 3.8) is 0 Å². The minimum absolute atomic E-state index is 0.309. The van der Waals surface area contributed by atoms with Crippen molar-refractivity contribution < 1.29 is 0 Å². The maximum atomic E-state index is 6.32. The molecule has 0 radical (unpaired) electrons. The highest BCUT2D eigenvalue weighted by atomic mass is 35.5.